The van der Waals surface area contributed by atoms with Crippen molar-refractivity contribution in [2.24, 2.45) is 0 Å². The Kier molecular flexibility index (Phi) is 4.12. The van der Waals surface area contributed by atoms with Crippen molar-refractivity contribution in [3.63, 3.8) is 0 Å². The van der Waals surface area contributed by atoms with Gasteiger partial charge in [-0.2, -0.15) is 0 Å². The third-order valence-electron chi connectivity index (χ3n) is 1.80. The molecule has 0 aromatic carbocycles. The van der Waals surface area contributed by atoms with E-state index in [1.807, 2.05) is 0 Å². The summed E-state index contributed by atoms with van der Waals surface area (Å²) in [5, 5.41) is 8.48. The lowest BCUT2D eigenvalue weighted by Gasteiger charge is -2.07. The Bertz CT molecular complexity index is 412. The Labute approximate surface area is 93.9 Å². The minimum atomic E-state index is -3.10. The predicted octanol–water partition coefficient (Wildman–Crippen LogP) is 2.52. The van der Waals surface area contributed by atoms with E-state index in [4.69, 9.17) is 16.7 Å². The van der Waals surface area contributed by atoms with Crippen LogP contribution in [0.2, 0.25) is 0 Å². The summed E-state index contributed by atoms with van der Waals surface area (Å²) in [5.74, 6) is -2.79. The highest BCUT2D eigenvalue weighted by molar-refractivity contribution is 6.16. The van der Waals surface area contributed by atoms with Crippen LogP contribution >= 0.6 is 11.6 Å². The Morgan fingerprint density at radius 2 is 2.19 bits per heavy atom. The first-order valence-electron chi connectivity index (χ1n) is 4.19. The number of aromatic nitrogens is 1. The number of pyridine rings is 1. The van der Waals surface area contributed by atoms with Crippen molar-refractivity contribution in [3.05, 3.63) is 28.8 Å². The van der Waals surface area contributed by atoms with Gasteiger partial charge in [0.1, 0.15) is 5.69 Å². The number of halogens is 4. The number of carboxylic acid groups (broad SMARTS) is 1. The van der Waals surface area contributed by atoms with E-state index in [2.05, 4.69) is 4.98 Å². The van der Waals surface area contributed by atoms with Crippen molar-refractivity contribution in [2.75, 3.05) is 0 Å². The maximum absolute atomic E-state index is 13.4. The van der Waals surface area contributed by atoms with Crippen LogP contribution in [-0.4, -0.2) is 16.1 Å². The third kappa shape index (κ3) is 2.85. The fourth-order valence-electron chi connectivity index (χ4n) is 1.17. The summed E-state index contributed by atoms with van der Waals surface area (Å²) in [6, 6.07) is 1.07. The Morgan fingerprint density at radius 3 is 2.62 bits per heavy atom. The number of carboxylic acids is 1. The quantitative estimate of drug-likeness (QED) is 0.839. The number of aliphatic carboxylic acids is 1. The van der Waals surface area contributed by atoms with Crippen LogP contribution < -0.4 is 0 Å². The van der Waals surface area contributed by atoms with Gasteiger partial charge in [-0.25, -0.2) is 18.2 Å². The second-order valence-corrected chi connectivity index (χ2v) is 3.24. The molecular formula is C9H7ClF3NO2. The zero-order chi connectivity index (χ0) is 12.3. The first kappa shape index (κ1) is 12.8. The third-order valence-corrected chi connectivity index (χ3v) is 2.07. The van der Waals surface area contributed by atoms with Crippen LogP contribution in [0.15, 0.2) is 6.07 Å². The lowest BCUT2D eigenvalue weighted by molar-refractivity contribution is -0.136. The van der Waals surface area contributed by atoms with E-state index in [9.17, 15) is 18.0 Å². The van der Waals surface area contributed by atoms with Gasteiger partial charge in [-0.1, -0.05) is 0 Å². The van der Waals surface area contributed by atoms with E-state index in [-0.39, 0.29) is 17.1 Å². The molecule has 7 heteroatoms. The highest BCUT2D eigenvalue weighted by atomic mass is 35.5. The molecular weight excluding hydrogens is 247 g/mol. The summed E-state index contributed by atoms with van der Waals surface area (Å²) in [5.41, 5.74) is -1.38. The van der Waals surface area contributed by atoms with Gasteiger partial charge in [-0.15, -0.1) is 11.6 Å². The standard InChI is InChI=1S/C9H7ClF3NO2/c10-3-5-1-4(2-6(15)16)7(11)8(14-5)9(12)13/h1,9H,2-3H2,(H,15,16). The SMILES string of the molecule is O=C(O)Cc1cc(CCl)nc(C(F)F)c1F. The lowest BCUT2D eigenvalue weighted by Crippen LogP contribution is -2.08. The molecule has 0 aliphatic carbocycles. The zero-order valence-corrected chi connectivity index (χ0v) is 8.64. The van der Waals surface area contributed by atoms with Crippen LogP contribution in [0.4, 0.5) is 13.2 Å². The maximum Gasteiger partial charge on any atom is 0.307 e. The van der Waals surface area contributed by atoms with Gasteiger partial charge in [-0.05, 0) is 6.07 Å². The molecule has 0 spiro atoms. The Morgan fingerprint density at radius 1 is 1.56 bits per heavy atom. The second kappa shape index (κ2) is 5.16. The van der Waals surface area contributed by atoms with Crippen LogP contribution in [-0.2, 0) is 17.1 Å². The molecule has 0 fully saturated rings. The molecule has 0 bridgehead atoms. The van der Waals surface area contributed by atoms with Gasteiger partial charge in [0.25, 0.3) is 6.43 Å². The minimum Gasteiger partial charge on any atom is -0.481 e. The van der Waals surface area contributed by atoms with Gasteiger partial charge in [0.2, 0.25) is 0 Å². The van der Waals surface area contributed by atoms with Gasteiger partial charge in [0, 0.05) is 5.56 Å². The Balaban J connectivity index is 3.25. The second-order valence-electron chi connectivity index (χ2n) is 2.98. The number of hydrogen-bond donors (Lipinski definition) is 1. The van der Waals surface area contributed by atoms with E-state index < -0.39 is 30.3 Å². The molecule has 3 nitrogen and oxygen atoms in total. The highest BCUT2D eigenvalue weighted by Gasteiger charge is 2.21. The average molecular weight is 254 g/mol. The molecule has 0 unspecified atom stereocenters. The number of alkyl halides is 3. The van der Waals surface area contributed by atoms with E-state index in [1.165, 1.54) is 0 Å². The van der Waals surface area contributed by atoms with Gasteiger partial charge in [0.15, 0.2) is 5.82 Å². The van der Waals surface area contributed by atoms with Crippen LogP contribution in [0, 0.1) is 5.82 Å². The first-order valence-corrected chi connectivity index (χ1v) is 4.73. The number of carbonyl (C=O) groups is 1. The van der Waals surface area contributed by atoms with Crippen LogP contribution in [0.5, 0.6) is 0 Å². The number of nitrogens with zero attached hydrogens (tertiary/aromatic N) is 1. The molecule has 1 aromatic rings. The van der Waals surface area contributed by atoms with Crippen LogP contribution in [0.3, 0.4) is 0 Å². The molecule has 1 heterocycles. The molecule has 1 rings (SSSR count). The topological polar surface area (TPSA) is 50.2 Å². The molecule has 0 radical (unpaired) electrons. The molecule has 0 amide bonds. The summed E-state index contributed by atoms with van der Waals surface area (Å²) in [4.78, 5) is 13.7. The molecule has 0 aliphatic rings. The highest BCUT2D eigenvalue weighted by Crippen LogP contribution is 2.24. The van der Waals surface area contributed by atoms with Crippen molar-refractivity contribution >= 4 is 17.6 Å². The first-order chi connectivity index (χ1) is 7.45. The molecule has 1 aromatic heterocycles. The van der Waals surface area contributed by atoms with Gasteiger partial charge >= 0.3 is 5.97 Å². The van der Waals surface area contributed by atoms with Crippen molar-refractivity contribution < 1.29 is 23.1 Å². The van der Waals surface area contributed by atoms with Gasteiger partial charge in [-0.3, -0.25) is 4.79 Å². The Hall–Kier alpha value is -1.30. The molecule has 0 aliphatic heterocycles. The van der Waals surface area contributed by atoms with E-state index in [0.29, 0.717) is 0 Å². The molecule has 0 saturated heterocycles. The van der Waals surface area contributed by atoms with E-state index >= 15 is 0 Å². The van der Waals surface area contributed by atoms with Crippen molar-refractivity contribution in [1.29, 1.82) is 0 Å². The van der Waals surface area contributed by atoms with Gasteiger partial charge < -0.3 is 5.11 Å². The molecule has 0 saturated carbocycles. The monoisotopic (exact) mass is 253 g/mol. The van der Waals surface area contributed by atoms with Crippen LogP contribution in [0.25, 0.3) is 0 Å². The normalized spacial score (nSPS) is 10.8. The van der Waals surface area contributed by atoms with Crippen LogP contribution in [0.1, 0.15) is 23.4 Å². The summed E-state index contributed by atoms with van der Waals surface area (Å²) in [7, 11) is 0. The fourth-order valence-corrected chi connectivity index (χ4v) is 1.31. The number of hydrogen-bond acceptors (Lipinski definition) is 2. The maximum atomic E-state index is 13.4. The molecule has 16 heavy (non-hydrogen) atoms. The largest absolute Gasteiger partial charge is 0.481 e. The predicted molar refractivity (Wildman–Crippen MR) is 50.0 cm³/mol. The van der Waals surface area contributed by atoms with Crippen molar-refractivity contribution in [2.45, 2.75) is 18.7 Å². The summed E-state index contributed by atoms with van der Waals surface area (Å²) >= 11 is 5.39. The zero-order valence-electron chi connectivity index (χ0n) is 7.88. The van der Waals surface area contributed by atoms with E-state index in [1.54, 1.807) is 0 Å². The fraction of sp³-hybridized carbons (Fsp3) is 0.333. The van der Waals surface area contributed by atoms with E-state index in [0.717, 1.165) is 6.07 Å². The summed E-state index contributed by atoms with van der Waals surface area (Å²) in [6.07, 6.45) is -3.78. The molecule has 88 valence electrons. The lowest BCUT2D eigenvalue weighted by atomic mass is 10.1. The minimum absolute atomic E-state index is 0.0228. The summed E-state index contributed by atoms with van der Waals surface area (Å²) in [6.45, 7) is 0. The van der Waals surface area contributed by atoms with Gasteiger partial charge in [0.05, 0.1) is 18.0 Å². The average Bonchev–Trinajstić information content (AvgIpc) is 2.19. The van der Waals surface area contributed by atoms with Crippen molar-refractivity contribution in [3.8, 4) is 0 Å². The molecule has 0 atom stereocenters. The number of rotatable bonds is 4. The summed E-state index contributed by atoms with van der Waals surface area (Å²) < 4.78 is 38.1. The van der Waals surface area contributed by atoms with Crippen molar-refractivity contribution in [1.82, 2.24) is 4.98 Å². The molecule has 1 N–H and O–H groups in total. The smallest absolute Gasteiger partial charge is 0.307 e.